The minimum atomic E-state index is -0.315. The number of carbonyl (C=O) groups is 1. The maximum atomic E-state index is 11.6. The third-order valence-corrected chi connectivity index (χ3v) is 2.43. The molecule has 0 aliphatic heterocycles. The fourth-order valence-corrected chi connectivity index (χ4v) is 1.58. The standard InChI is InChI=1S/C9H9N3O2S/c10-5-6-1-2-7(14-6)8(13)12-9-11-3-4-15-9/h1-4H,5,10H2,(H,11,12,13). The first kappa shape index (κ1) is 9.88. The Labute approximate surface area is 89.9 Å². The molecule has 15 heavy (non-hydrogen) atoms. The van der Waals surface area contributed by atoms with Gasteiger partial charge in [0.25, 0.3) is 5.91 Å². The summed E-state index contributed by atoms with van der Waals surface area (Å²) < 4.78 is 5.18. The minimum Gasteiger partial charge on any atom is -0.455 e. The van der Waals surface area contributed by atoms with E-state index in [4.69, 9.17) is 10.2 Å². The summed E-state index contributed by atoms with van der Waals surface area (Å²) in [5, 5.41) is 4.94. The van der Waals surface area contributed by atoms with Crippen molar-refractivity contribution < 1.29 is 9.21 Å². The van der Waals surface area contributed by atoms with Gasteiger partial charge in [-0.15, -0.1) is 11.3 Å². The fourth-order valence-electron chi connectivity index (χ4n) is 1.05. The highest BCUT2D eigenvalue weighted by molar-refractivity contribution is 7.13. The van der Waals surface area contributed by atoms with E-state index in [1.807, 2.05) is 0 Å². The molecule has 0 spiro atoms. The molecule has 0 saturated heterocycles. The average Bonchev–Trinajstić information content (AvgIpc) is 2.86. The summed E-state index contributed by atoms with van der Waals surface area (Å²) in [6.07, 6.45) is 1.62. The molecule has 0 fully saturated rings. The molecule has 0 radical (unpaired) electrons. The number of rotatable bonds is 3. The van der Waals surface area contributed by atoms with E-state index in [1.165, 1.54) is 11.3 Å². The third kappa shape index (κ3) is 2.23. The molecule has 0 bridgehead atoms. The van der Waals surface area contributed by atoms with Gasteiger partial charge in [-0.2, -0.15) is 0 Å². The van der Waals surface area contributed by atoms with Gasteiger partial charge in [0.15, 0.2) is 10.9 Å². The smallest absolute Gasteiger partial charge is 0.293 e. The number of nitrogens with one attached hydrogen (secondary N) is 1. The lowest BCUT2D eigenvalue weighted by atomic mass is 10.4. The van der Waals surface area contributed by atoms with Gasteiger partial charge in [-0.1, -0.05) is 0 Å². The van der Waals surface area contributed by atoms with Crippen LogP contribution < -0.4 is 11.1 Å². The summed E-state index contributed by atoms with van der Waals surface area (Å²) >= 11 is 1.35. The highest BCUT2D eigenvalue weighted by atomic mass is 32.1. The lowest BCUT2D eigenvalue weighted by molar-refractivity contribution is 0.0995. The third-order valence-electron chi connectivity index (χ3n) is 1.74. The highest BCUT2D eigenvalue weighted by Gasteiger charge is 2.11. The lowest BCUT2D eigenvalue weighted by Crippen LogP contribution is -2.10. The Balaban J connectivity index is 2.08. The van der Waals surface area contributed by atoms with Crippen molar-refractivity contribution >= 4 is 22.4 Å². The van der Waals surface area contributed by atoms with Crippen LogP contribution in [0, 0.1) is 0 Å². The van der Waals surface area contributed by atoms with Crippen LogP contribution in [0.25, 0.3) is 0 Å². The summed E-state index contributed by atoms with van der Waals surface area (Å²) in [6, 6.07) is 3.27. The van der Waals surface area contributed by atoms with E-state index < -0.39 is 0 Å². The number of thiazole rings is 1. The van der Waals surface area contributed by atoms with Crippen LogP contribution in [-0.2, 0) is 6.54 Å². The monoisotopic (exact) mass is 223 g/mol. The van der Waals surface area contributed by atoms with Crippen LogP contribution in [0.5, 0.6) is 0 Å². The number of aromatic nitrogens is 1. The Morgan fingerprint density at radius 3 is 3.07 bits per heavy atom. The molecule has 0 aromatic carbocycles. The number of amides is 1. The molecule has 0 aliphatic carbocycles. The van der Waals surface area contributed by atoms with Gasteiger partial charge in [-0.25, -0.2) is 4.98 Å². The van der Waals surface area contributed by atoms with E-state index in [0.717, 1.165) is 0 Å². The van der Waals surface area contributed by atoms with Gasteiger partial charge in [0.2, 0.25) is 0 Å². The Hall–Kier alpha value is -1.66. The van der Waals surface area contributed by atoms with E-state index in [-0.39, 0.29) is 18.2 Å². The molecule has 0 aliphatic rings. The van der Waals surface area contributed by atoms with Crippen LogP contribution in [0.4, 0.5) is 5.13 Å². The van der Waals surface area contributed by atoms with Gasteiger partial charge in [-0.05, 0) is 12.1 Å². The molecular formula is C9H9N3O2S. The first-order valence-electron chi connectivity index (χ1n) is 4.29. The molecule has 2 aromatic rings. The number of anilines is 1. The summed E-state index contributed by atoms with van der Waals surface area (Å²) in [5.41, 5.74) is 5.36. The van der Waals surface area contributed by atoms with Crippen LogP contribution in [-0.4, -0.2) is 10.9 Å². The second-order valence-electron chi connectivity index (χ2n) is 2.76. The van der Waals surface area contributed by atoms with Gasteiger partial charge in [-0.3, -0.25) is 10.1 Å². The quantitative estimate of drug-likeness (QED) is 0.825. The van der Waals surface area contributed by atoms with Gasteiger partial charge in [0.05, 0.1) is 6.54 Å². The van der Waals surface area contributed by atoms with Crippen molar-refractivity contribution in [2.24, 2.45) is 5.73 Å². The number of carbonyl (C=O) groups excluding carboxylic acids is 1. The van der Waals surface area contributed by atoms with Crippen molar-refractivity contribution in [3.05, 3.63) is 35.2 Å². The lowest BCUT2D eigenvalue weighted by Gasteiger charge is -1.97. The summed E-state index contributed by atoms with van der Waals surface area (Å²) in [7, 11) is 0. The van der Waals surface area contributed by atoms with Crippen molar-refractivity contribution in [1.29, 1.82) is 0 Å². The molecule has 3 N–H and O–H groups in total. The normalized spacial score (nSPS) is 10.2. The van der Waals surface area contributed by atoms with Crippen LogP contribution >= 0.6 is 11.3 Å². The topological polar surface area (TPSA) is 81.2 Å². The SMILES string of the molecule is NCc1ccc(C(=O)Nc2nccs2)o1. The van der Waals surface area contributed by atoms with Crippen LogP contribution in [0.1, 0.15) is 16.3 Å². The predicted molar refractivity (Wildman–Crippen MR) is 56.7 cm³/mol. The first-order valence-corrected chi connectivity index (χ1v) is 5.17. The molecule has 2 heterocycles. The fraction of sp³-hybridized carbons (Fsp3) is 0.111. The molecule has 0 atom stereocenters. The van der Waals surface area contributed by atoms with E-state index in [1.54, 1.807) is 23.7 Å². The Kier molecular flexibility index (Phi) is 2.79. The second kappa shape index (κ2) is 4.24. The molecule has 2 aromatic heterocycles. The zero-order valence-corrected chi connectivity index (χ0v) is 8.58. The Morgan fingerprint density at radius 1 is 1.60 bits per heavy atom. The van der Waals surface area contributed by atoms with Crippen molar-refractivity contribution in [3.63, 3.8) is 0 Å². The van der Waals surface area contributed by atoms with Crippen LogP contribution in [0.2, 0.25) is 0 Å². The molecule has 2 rings (SSSR count). The molecule has 1 amide bonds. The van der Waals surface area contributed by atoms with Crippen LogP contribution in [0.15, 0.2) is 28.1 Å². The van der Waals surface area contributed by atoms with Gasteiger partial charge >= 0.3 is 0 Å². The maximum Gasteiger partial charge on any atom is 0.293 e. The number of nitrogens with two attached hydrogens (primary N) is 1. The number of hydrogen-bond acceptors (Lipinski definition) is 5. The number of nitrogens with zero attached hydrogens (tertiary/aromatic N) is 1. The van der Waals surface area contributed by atoms with Crippen molar-refractivity contribution in [3.8, 4) is 0 Å². The minimum absolute atomic E-state index is 0.241. The molecule has 0 unspecified atom stereocenters. The molecule has 78 valence electrons. The van der Waals surface area contributed by atoms with Crippen molar-refractivity contribution in [2.45, 2.75) is 6.54 Å². The Bertz CT molecular complexity index is 450. The van der Waals surface area contributed by atoms with Crippen molar-refractivity contribution in [2.75, 3.05) is 5.32 Å². The summed E-state index contributed by atoms with van der Waals surface area (Å²) in [6.45, 7) is 0.282. The Morgan fingerprint density at radius 2 is 2.47 bits per heavy atom. The predicted octanol–water partition coefficient (Wildman–Crippen LogP) is 1.45. The van der Waals surface area contributed by atoms with E-state index in [0.29, 0.717) is 10.9 Å². The zero-order valence-electron chi connectivity index (χ0n) is 7.77. The van der Waals surface area contributed by atoms with E-state index >= 15 is 0 Å². The average molecular weight is 223 g/mol. The van der Waals surface area contributed by atoms with Gasteiger partial charge in [0.1, 0.15) is 5.76 Å². The summed E-state index contributed by atoms with van der Waals surface area (Å²) in [4.78, 5) is 15.5. The van der Waals surface area contributed by atoms with E-state index in [2.05, 4.69) is 10.3 Å². The largest absolute Gasteiger partial charge is 0.455 e. The van der Waals surface area contributed by atoms with Crippen molar-refractivity contribution in [1.82, 2.24) is 4.98 Å². The zero-order chi connectivity index (χ0) is 10.7. The van der Waals surface area contributed by atoms with Crippen LogP contribution in [0.3, 0.4) is 0 Å². The molecule has 5 nitrogen and oxygen atoms in total. The van der Waals surface area contributed by atoms with Gasteiger partial charge < -0.3 is 10.2 Å². The highest BCUT2D eigenvalue weighted by Crippen LogP contribution is 2.13. The maximum absolute atomic E-state index is 11.6. The summed E-state index contributed by atoms with van der Waals surface area (Å²) in [5.74, 6) is 0.509. The van der Waals surface area contributed by atoms with E-state index in [9.17, 15) is 4.79 Å². The molecular weight excluding hydrogens is 214 g/mol. The van der Waals surface area contributed by atoms with Gasteiger partial charge in [0, 0.05) is 11.6 Å². The first-order chi connectivity index (χ1) is 7.29. The molecule has 0 saturated carbocycles. The second-order valence-corrected chi connectivity index (χ2v) is 3.66. The molecule has 6 heteroatoms. The number of hydrogen-bond donors (Lipinski definition) is 2. The number of furan rings is 1.